The lowest BCUT2D eigenvalue weighted by Crippen LogP contribution is -2.39. The van der Waals surface area contributed by atoms with E-state index >= 15 is 0 Å². The average molecular weight is 278 g/mol. The Bertz CT molecular complexity index is 620. The molecule has 0 radical (unpaired) electrons. The molecular weight excluding hydrogens is 264 g/mol. The lowest BCUT2D eigenvalue weighted by Gasteiger charge is -2.28. The molecule has 1 aliphatic heterocycles. The number of fused-ring (bicyclic) bond motifs is 1. The van der Waals surface area contributed by atoms with Crippen molar-refractivity contribution >= 4 is 12.1 Å². The molecule has 0 aromatic carbocycles. The summed E-state index contributed by atoms with van der Waals surface area (Å²) in [6.07, 6.45) is 2.35. The summed E-state index contributed by atoms with van der Waals surface area (Å²) in [6, 6.07) is 0. The van der Waals surface area contributed by atoms with Gasteiger partial charge >= 0.3 is 12.1 Å². The highest BCUT2D eigenvalue weighted by molar-refractivity contribution is 5.89. The van der Waals surface area contributed by atoms with Gasteiger partial charge in [-0.05, 0) is 12.0 Å². The van der Waals surface area contributed by atoms with Gasteiger partial charge in [0, 0.05) is 18.3 Å². The number of carbonyl (C=O) groups excluding carboxylic acids is 1. The fourth-order valence-electron chi connectivity index (χ4n) is 2.14. The number of nitrogens with zero attached hydrogens (tertiary/aromatic N) is 1. The van der Waals surface area contributed by atoms with Crippen LogP contribution in [0.15, 0.2) is 23.6 Å². The maximum atomic E-state index is 11.8. The van der Waals surface area contributed by atoms with Crippen molar-refractivity contribution in [1.29, 1.82) is 0 Å². The van der Waals surface area contributed by atoms with Crippen LogP contribution in [0.25, 0.3) is 0 Å². The van der Waals surface area contributed by atoms with E-state index < -0.39 is 12.1 Å². The van der Waals surface area contributed by atoms with Gasteiger partial charge in [0.15, 0.2) is 0 Å². The number of ether oxygens (including phenoxy) is 1. The topological polar surface area (TPSA) is 99.7 Å². The summed E-state index contributed by atoms with van der Waals surface area (Å²) in [5, 5.41) is 9.13. The van der Waals surface area contributed by atoms with Crippen molar-refractivity contribution in [3.63, 3.8) is 0 Å². The maximum Gasteiger partial charge on any atom is 0.410 e. The van der Waals surface area contributed by atoms with E-state index in [-0.39, 0.29) is 24.3 Å². The van der Waals surface area contributed by atoms with E-state index in [0.717, 1.165) is 6.20 Å². The fourth-order valence-corrected chi connectivity index (χ4v) is 2.14. The Kier molecular flexibility index (Phi) is 3.88. The van der Waals surface area contributed by atoms with Crippen molar-refractivity contribution < 1.29 is 19.4 Å². The van der Waals surface area contributed by atoms with Gasteiger partial charge in [0.1, 0.15) is 6.61 Å². The highest BCUT2D eigenvalue weighted by Gasteiger charge is 2.27. The number of aromatic nitrogens is 1. The molecule has 1 aromatic rings. The fraction of sp³-hybridized carbons (Fsp3) is 0.308. The van der Waals surface area contributed by atoms with E-state index in [0.29, 0.717) is 24.1 Å². The monoisotopic (exact) mass is 278 g/mol. The smallest absolute Gasteiger partial charge is 0.410 e. The van der Waals surface area contributed by atoms with Crippen molar-refractivity contribution in [3.05, 3.63) is 45.9 Å². The van der Waals surface area contributed by atoms with Gasteiger partial charge in [-0.2, -0.15) is 0 Å². The molecule has 0 saturated heterocycles. The first kappa shape index (κ1) is 13.9. The van der Waals surface area contributed by atoms with Crippen molar-refractivity contribution in [2.45, 2.75) is 13.0 Å². The third-order valence-corrected chi connectivity index (χ3v) is 3.11. The molecule has 0 aliphatic carbocycles. The number of carboxylic acid groups (broad SMARTS) is 1. The van der Waals surface area contributed by atoms with Crippen LogP contribution in [0.2, 0.25) is 0 Å². The molecular formula is C13H14N2O5. The van der Waals surface area contributed by atoms with Gasteiger partial charge in [-0.25, -0.2) is 9.59 Å². The maximum absolute atomic E-state index is 11.8. The van der Waals surface area contributed by atoms with Crippen molar-refractivity contribution in [1.82, 2.24) is 9.88 Å². The molecule has 2 heterocycles. The van der Waals surface area contributed by atoms with E-state index in [9.17, 15) is 14.4 Å². The van der Waals surface area contributed by atoms with Gasteiger partial charge in [0.2, 0.25) is 0 Å². The zero-order chi connectivity index (χ0) is 14.7. The van der Waals surface area contributed by atoms with Gasteiger partial charge < -0.3 is 19.7 Å². The molecule has 0 bridgehead atoms. The first-order chi connectivity index (χ1) is 9.54. The molecule has 20 heavy (non-hydrogen) atoms. The zero-order valence-electron chi connectivity index (χ0n) is 10.7. The molecule has 0 fully saturated rings. The molecule has 0 unspecified atom stereocenters. The number of pyridine rings is 1. The first-order valence-electron chi connectivity index (χ1n) is 6.04. The minimum absolute atomic E-state index is 0.000760. The molecule has 7 heteroatoms. The zero-order valence-corrected chi connectivity index (χ0v) is 10.7. The molecule has 2 N–H and O–H groups in total. The van der Waals surface area contributed by atoms with Crippen LogP contribution >= 0.6 is 0 Å². The summed E-state index contributed by atoms with van der Waals surface area (Å²) < 4.78 is 4.91. The van der Waals surface area contributed by atoms with Gasteiger partial charge in [-0.15, -0.1) is 0 Å². The molecule has 106 valence electrons. The Morgan fingerprint density at radius 1 is 1.50 bits per heavy atom. The van der Waals surface area contributed by atoms with Crippen molar-refractivity contribution in [2.75, 3.05) is 13.2 Å². The predicted molar refractivity (Wildman–Crippen MR) is 69.7 cm³/mol. The number of hydrogen-bond donors (Lipinski definition) is 2. The van der Waals surface area contributed by atoms with Crippen LogP contribution < -0.4 is 5.56 Å². The lowest BCUT2D eigenvalue weighted by molar-refractivity contribution is 0.0690. The Labute approximate surface area is 114 Å². The number of H-pyrrole nitrogens is 1. The standard InChI is InChI=1S/C13H14N2O5/c1-2-5-20-13(19)15-4-3-8-10(7-15)9(12(17)18)6-14-11(8)16/h2,6H,1,3-5,7H2,(H,14,16)(H,17,18). The molecule has 1 aliphatic rings. The van der Waals surface area contributed by atoms with Crippen molar-refractivity contribution in [3.8, 4) is 0 Å². The van der Waals surface area contributed by atoms with Crippen LogP contribution in [-0.4, -0.2) is 40.2 Å². The molecule has 2 rings (SSSR count). The van der Waals surface area contributed by atoms with E-state index in [2.05, 4.69) is 11.6 Å². The quantitative estimate of drug-likeness (QED) is 0.795. The van der Waals surface area contributed by atoms with E-state index in [1.54, 1.807) is 0 Å². The SMILES string of the molecule is C=CCOC(=O)N1CCc2c(c(C(=O)O)c[nH]c2=O)C1. The van der Waals surface area contributed by atoms with Crippen LogP contribution in [0.3, 0.4) is 0 Å². The highest BCUT2D eigenvalue weighted by atomic mass is 16.6. The summed E-state index contributed by atoms with van der Waals surface area (Å²) in [6.45, 7) is 3.90. The van der Waals surface area contributed by atoms with Gasteiger partial charge in [-0.1, -0.05) is 12.7 Å². The molecule has 1 aromatic heterocycles. The van der Waals surface area contributed by atoms with Crippen LogP contribution in [0, 0.1) is 0 Å². The Balaban J connectivity index is 2.30. The lowest BCUT2D eigenvalue weighted by atomic mass is 9.97. The predicted octanol–water partition coefficient (Wildman–Crippen LogP) is 0.754. The van der Waals surface area contributed by atoms with E-state index in [1.165, 1.54) is 11.0 Å². The number of carbonyl (C=O) groups is 2. The third-order valence-electron chi connectivity index (χ3n) is 3.11. The minimum atomic E-state index is -1.14. The van der Waals surface area contributed by atoms with E-state index in [4.69, 9.17) is 9.84 Å². The second-order valence-corrected chi connectivity index (χ2v) is 4.33. The van der Waals surface area contributed by atoms with Gasteiger partial charge in [0.25, 0.3) is 5.56 Å². The molecule has 0 saturated carbocycles. The molecule has 7 nitrogen and oxygen atoms in total. The summed E-state index contributed by atoms with van der Waals surface area (Å²) in [5.41, 5.74) is 0.464. The molecule has 1 amide bonds. The number of hydrogen-bond acceptors (Lipinski definition) is 4. The normalized spacial score (nSPS) is 13.5. The number of aromatic carboxylic acids is 1. The van der Waals surface area contributed by atoms with Gasteiger partial charge in [0.05, 0.1) is 12.1 Å². The van der Waals surface area contributed by atoms with Crippen LogP contribution in [0.1, 0.15) is 21.5 Å². The Morgan fingerprint density at radius 3 is 2.90 bits per heavy atom. The number of aromatic amines is 1. The summed E-state index contributed by atoms with van der Waals surface area (Å²) in [4.78, 5) is 38.4. The van der Waals surface area contributed by atoms with Crippen LogP contribution in [0.5, 0.6) is 0 Å². The second kappa shape index (κ2) is 5.60. The largest absolute Gasteiger partial charge is 0.478 e. The molecule has 0 spiro atoms. The van der Waals surface area contributed by atoms with E-state index in [1.807, 2.05) is 0 Å². The third kappa shape index (κ3) is 2.56. The average Bonchev–Trinajstić information content (AvgIpc) is 2.44. The van der Waals surface area contributed by atoms with Gasteiger partial charge in [-0.3, -0.25) is 4.79 Å². The first-order valence-corrected chi connectivity index (χ1v) is 6.04. The number of amides is 1. The number of carboxylic acids is 1. The van der Waals surface area contributed by atoms with Crippen molar-refractivity contribution in [2.24, 2.45) is 0 Å². The number of nitrogens with one attached hydrogen (secondary N) is 1. The summed E-state index contributed by atoms with van der Waals surface area (Å²) in [7, 11) is 0. The number of rotatable bonds is 3. The summed E-state index contributed by atoms with van der Waals surface area (Å²) >= 11 is 0. The highest BCUT2D eigenvalue weighted by Crippen LogP contribution is 2.20. The second-order valence-electron chi connectivity index (χ2n) is 4.33. The molecule has 0 atom stereocenters. The van der Waals surface area contributed by atoms with Crippen LogP contribution in [-0.2, 0) is 17.7 Å². The minimum Gasteiger partial charge on any atom is -0.478 e. The Morgan fingerprint density at radius 2 is 2.25 bits per heavy atom. The summed E-state index contributed by atoms with van der Waals surface area (Å²) in [5.74, 6) is -1.14. The van der Waals surface area contributed by atoms with Crippen LogP contribution in [0.4, 0.5) is 4.79 Å². The Hall–Kier alpha value is -2.57.